The molecule has 1 spiro atoms. The van der Waals surface area contributed by atoms with E-state index in [2.05, 4.69) is 5.32 Å². The van der Waals surface area contributed by atoms with E-state index in [1.165, 1.54) is 6.07 Å². The molecule has 9 heteroatoms. The van der Waals surface area contributed by atoms with Gasteiger partial charge < -0.3 is 20.4 Å². The van der Waals surface area contributed by atoms with Gasteiger partial charge in [-0.1, -0.05) is 35.9 Å². The molecule has 0 aromatic heterocycles. The number of carboxylic acid groups (broad SMARTS) is 1. The van der Waals surface area contributed by atoms with Crippen molar-refractivity contribution in [2.75, 3.05) is 19.6 Å². The van der Waals surface area contributed by atoms with Crippen LogP contribution in [0.3, 0.4) is 0 Å². The monoisotopic (exact) mass is 468 g/mol. The number of carbonyl (C=O) groups excluding carboxylic acids is 3. The minimum absolute atomic E-state index is 0.150. The average Bonchev–Trinajstić information content (AvgIpc) is 2.82. The van der Waals surface area contributed by atoms with Gasteiger partial charge in [-0.15, -0.1) is 0 Å². The lowest BCUT2D eigenvalue weighted by atomic mass is 9.63. The van der Waals surface area contributed by atoms with Crippen LogP contribution in [0.25, 0.3) is 5.76 Å². The van der Waals surface area contributed by atoms with Crippen molar-refractivity contribution < 1.29 is 29.4 Å². The number of fused-ring (bicyclic) bond motifs is 2. The van der Waals surface area contributed by atoms with Gasteiger partial charge in [0.1, 0.15) is 17.9 Å². The fourth-order valence-electron chi connectivity index (χ4n) is 4.54. The molecule has 3 N–H and O–H groups in total. The molecule has 170 valence electrons. The van der Waals surface area contributed by atoms with Crippen LogP contribution in [0.5, 0.6) is 0 Å². The van der Waals surface area contributed by atoms with Crippen LogP contribution in [-0.4, -0.2) is 58.3 Å². The number of rotatable bonds is 4. The van der Waals surface area contributed by atoms with Crippen molar-refractivity contribution in [2.45, 2.75) is 18.3 Å². The van der Waals surface area contributed by atoms with Crippen LogP contribution in [0, 0.1) is 0 Å². The van der Waals surface area contributed by atoms with Gasteiger partial charge >= 0.3 is 5.97 Å². The van der Waals surface area contributed by atoms with Gasteiger partial charge in [-0.2, -0.15) is 0 Å². The SMILES string of the molecule is O=C(O)CNC(=O)C1=C(O)c2cc(Cl)ccc2C2(CCN(C(=O)c3ccccc3)CC2)C1=O. The molecular formula is C24H21ClN2O6. The van der Waals surface area contributed by atoms with E-state index >= 15 is 0 Å². The highest BCUT2D eigenvalue weighted by atomic mass is 35.5. The van der Waals surface area contributed by atoms with Gasteiger partial charge in [-0.25, -0.2) is 0 Å². The van der Waals surface area contributed by atoms with Crippen LogP contribution in [0.15, 0.2) is 54.1 Å². The number of carboxylic acids is 1. The van der Waals surface area contributed by atoms with E-state index < -0.39 is 41.0 Å². The third kappa shape index (κ3) is 3.98. The van der Waals surface area contributed by atoms with E-state index in [0.29, 0.717) is 16.1 Å². The highest BCUT2D eigenvalue weighted by Crippen LogP contribution is 2.46. The fourth-order valence-corrected chi connectivity index (χ4v) is 4.71. The topological polar surface area (TPSA) is 124 Å². The zero-order valence-electron chi connectivity index (χ0n) is 17.5. The van der Waals surface area contributed by atoms with Crippen LogP contribution < -0.4 is 5.32 Å². The van der Waals surface area contributed by atoms with Crippen molar-refractivity contribution in [1.29, 1.82) is 0 Å². The minimum atomic E-state index is -1.28. The molecule has 1 saturated heterocycles. The number of amides is 2. The van der Waals surface area contributed by atoms with E-state index in [1.54, 1.807) is 41.3 Å². The van der Waals surface area contributed by atoms with Gasteiger partial charge in [-0.05, 0) is 42.7 Å². The fraction of sp³-hybridized carbons (Fsp3) is 0.250. The summed E-state index contributed by atoms with van der Waals surface area (Å²) in [6.07, 6.45) is 0.476. The normalized spacial score (nSPS) is 17.0. The molecule has 0 radical (unpaired) electrons. The van der Waals surface area contributed by atoms with E-state index in [0.717, 1.165) is 0 Å². The largest absolute Gasteiger partial charge is 0.506 e. The number of ketones is 1. The summed E-state index contributed by atoms with van der Waals surface area (Å²) in [6, 6.07) is 13.6. The molecule has 2 amide bonds. The molecule has 4 rings (SSSR count). The van der Waals surface area contributed by atoms with Crippen LogP contribution in [0.1, 0.15) is 34.3 Å². The van der Waals surface area contributed by atoms with Gasteiger partial charge in [0.25, 0.3) is 11.8 Å². The predicted octanol–water partition coefficient (Wildman–Crippen LogP) is 2.57. The molecular weight excluding hydrogens is 448 g/mol. The van der Waals surface area contributed by atoms with E-state index in [-0.39, 0.29) is 37.4 Å². The number of carbonyl (C=O) groups is 4. The molecule has 1 aliphatic carbocycles. The molecule has 1 aliphatic heterocycles. The Labute approximate surface area is 194 Å². The summed E-state index contributed by atoms with van der Waals surface area (Å²) in [5, 5.41) is 22.1. The number of hydrogen-bond donors (Lipinski definition) is 3. The number of aliphatic hydroxyl groups excluding tert-OH is 1. The molecule has 0 saturated carbocycles. The second kappa shape index (κ2) is 8.71. The lowest BCUT2D eigenvalue weighted by molar-refractivity contribution is -0.138. The molecule has 33 heavy (non-hydrogen) atoms. The summed E-state index contributed by atoms with van der Waals surface area (Å²) in [5.41, 5.74) is -0.299. The highest BCUT2D eigenvalue weighted by Gasteiger charge is 2.51. The Morgan fingerprint density at radius 2 is 1.73 bits per heavy atom. The number of likely N-dealkylation sites (tertiary alicyclic amines) is 1. The average molecular weight is 469 g/mol. The number of hydrogen-bond acceptors (Lipinski definition) is 5. The molecule has 0 unspecified atom stereocenters. The molecule has 8 nitrogen and oxygen atoms in total. The Kier molecular flexibility index (Phi) is 5.95. The van der Waals surface area contributed by atoms with E-state index in [1.807, 2.05) is 6.07 Å². The standard InChI is InChI=1S/C24H21ClN2O6/c25-15-6-7-17-16(12-15)20(30)19(22(32)26-13-18(28)29)21(31)24(17)8-10-27(11-9-24)23(33)14-4-2-1-3-5-14/h1-7,12,30H,8-11,13H2,(H,26,32)(H,28,29). The lowest BCUT2D eigenvalue weighted by Crippen LogP contribution is -2.52. The smallest absolute Gasteiger partial charge is 0.322 e. The summed E-state index contributed by atoms with van der Waals surface area (Å²) in [5.74, 6) is -3.52. The van der Waals surface area contributed by atoms with Crippen molar-refractivity contribution in [3.05, 3.63) is 75.8 Å². The van der Waals surface area contributed by atoms with Crippen LogP contribution >= 0.6 is 11.6 Å². The Morgan fingerprint density at radius 3 is 2.36 bits per heavy atom. The Morgan fingerprint density at radius 1 is 1.06 bits per heavy atom. The summed E-state index contributed by atoms with van der Waals surface area (Å²) in [7, 11) is 0. The maximum absolute atomic E-state index is 13.6. The summed E-state index contributed by atoms with van der Waals surface area (Å²) < 4.78 is 0. The first kappa shape index (κ1) is 22.5. The van der Waals surface area contributed by atoms with Crippen LogP contribution in [0.2, 0.25) is 5.02 Å². The zero-order chi connectivity index (χ0) is 23.8. The molecule has 2 aromatic carbocycles. The maximum atomic E-state index is 13.6. The Hall–Kier alpha value is -3.65. The Balaban J connectivity index is 1.69. The number of nitrogens with one attached hydrogen (secondary N) is 1. The number of aliphatic hydroxyl groups is 1. The molecule has 0 bridgehead atoms. The molecule has 0 atom stereocenters. The number of benzene rings is 2. The second-order valence-electron chi connectivity index (χ2n) is 8.06. The van der Waals surface area contributed by atoms with Gasteiger partial charge in [0, 0.05) is 29.2 Å². The molecule has 2 aliphatic rings. The van der Waals surface area contributed by atoms with Gasteiger partial charge in [0.05, 0.1) is 5.41 Å². The molecule has 2 aromatic rings. The lowest BCUT2D eigenvalue weighted by Gasteiger charge is -2.44. The Bertz CT molecular complexity index is 1180. The van der Waals surface area contributed by atoms with Crippen molar-refractivity contribution in [2.24, 2.45) is 0 Å². The zero-order valence-corrected chi connectivity index (χ0v) is 18.3. The van der Waals surface area contributed by atoms with Gasteiger partial charge in [0.2, 0.25) is 0 Å². The first-order valence-corrected chi connectivity index (χ1v) is 10.7. The third-order valence-corrected chi connectivity index (χ3v) is 6.44. The van der Waals surface area contributed by atoms with Crippen LogP contribution in [-0.2, 0) is 19.8 Å². The molecule has 1 heterocycles. The van der Waals surface area contributed by atoms with Crippen LogP contribution in [0.4, 0.5) is 0 Å². The van der Waals surface area contributed by atoms with E-state index in [4.69, 9.17) is 16.7 Å². The van der Waals surface area contributed by atoms with Gasteiger partial charge in [0.15, 0.2) is 5.78 Å². The van der Waals surface area contributed by atoms with E-state index in [9.17, 15) is 24.3 Å². The number of aliphatic carboxylic acids is 1. The summed E-state index contributed by atoms with van der Waals surface area (Å²) >= 11 is 6.12. The number of halogens is 1. The number of nitrogens with zero attached hydrogens (tertiary/aromatic N) is 1. The maximum Gasteiger partial charge on any atom is 0.322 e. The first-order chi connectivity index (χ1) is 15.7. The van der Waals surface area contributed by atoms with Crippen molar-refractivity contribution in [3.63, 3.8) is 0 Å². The predicted molar refractivity (Wildman–Crippen MR) is 120 cm³/mol. The second-order valence-corrected chi connectivity index (χ2v) is 8.50. The summed E-state index contributed by atoms with van der Waals surface area (Å²) in [4.78, 5) is 51.7. The first-order valence-electron chi connectivity index (χ1n) is 10.4. The number of piperidine rings is 1. The van der Waals surface area contributed by atoms with Crippen molar-refractivity contribution in [3.8, 4) is 0 Å². The van der Waals surface area contributed by atoms with Gasteiger partial charge in [-0.3, -0.25) is 19.2 Å². The molecule has 1 fully saturated rings. The summed E-state index contributed by atoms with van der Waals surface area (Å²) in [6.45, 7) is -0.156. The van der Waals surface area contributed by atoms with Crippen molar-refractivity contribution >= 4 is 40.9 Å². The van der Waals surface area contributed by atoms with Crippen molar-refractivity contribution in [1.82, 2.24) is 10.2 Å². The quantitative estimate of drug-likeness (QED) is 0.592. The third-order valence-electron chi connectivity index (χ3n) is 6.20. The highest BCUT2D eigenvalue weighted by molar-refractivity contribution is 6.32. The number of Topliss-reactive ketones (excluding diaryl/α,β-unsaturated/α-hetero) is 1. The minimum Gasteiger partial charge on any atom is -0.506 e.